The minimum absolute atomic E-state index is 0.820. The highest BCUT2D eigenvalue weighted by Gasteiger charge is 2.01. The molecule has 3 heterocycles. The van der Waals surface area contributed by atoms with E-state index in [9.17, 15) is 0 Å². The van der Waals surface area contributed by atoms with E-state index in [1.807, 2.05) is 24.5 Å². The summed E-state index contributed by atoms with van der Waals surface area (Å²) in [6.45, 7) is 0. The van der Waals surface area contributed by atoms with E-state index < -0.39 is 0 Å². The number of rotatable bonds is 1. The van der Waals surface area contributed by atoms with Crippen molar-refractivity contribution in [1.82, 2.24) is 20.2 Å². The Labute approximate surface area is 80.0 Å². The van der Waals surface area contributed by atoms with Crippen LogP contribution in [-0.4, -0.2) is 20.2 Å². The van der Waals surface area contributed by atoms with E-state index in [1.165, 1.54) is 0 Å². The third-order valence-electron chi connectivity index (χ3n) is 2.20. The zero-order chi connectivity index (χ0) is 9.38. The molecule has 0 bridgehead atoms. The summed E-state index contributed by atoms with van der Waals surface area (Å²) >= 11 is 0. The summed E-state index contributed by atoms with van der Waals surface area (Å²) in [5, 5.41) is 7.77. The van der Waals surface area contributed by atoms with Crippen molar-refractivity contribution in [2.24, 2.45) is 0 Å². The number of aromatic nitrogens is 4. The molecule has 0 amide bonds. The van der Waals surface area contributed by atoms with Gasteiger partial charge in [-0.15, -0.1) is 0 Å². The number of fused-ring (bicyclic) bond motifs is 1. The largest absolute Gasteiger partial charge is 0.361 e. The highest BCUT2D eigenvalue weighted by molar-refractivity contribution is 5.79. The molecule has 4 nitrogen and oxygen atoms in total. The molecule has 0 spiro atoms. The van der Waals surface area contributed by atoms with Crippen LogP contribution in [0.4, 0.5) is 0 Å². The maximum atomic E-state index is 4.26. The van der Waals surface area contributed by atoms with E-state index >= 15 is 0 Å². The van der Waals surface area contributed by atoms with Gasteiger partial charge >= 0.3 is 0 Å². The van der Waals surface area contributed by atoms with Gasteiger partial charge in [0.1, 0.15) is 0 Å². The fourth-order valence-electron chi connectivity index (χ4n) is 1.49. The SMILES string of the molecule is c1c[nH]c(-c2cnc3[nH]ncc3c2)c1. The molecule has 0 fully saturated rings. The van der Waals surface area contributed by atoms with Gasteiger partial charge in [-0.3, -0.25) is 5.10 Å². The Hall–Kier alpha value is -2.10. The van der Waals surface area contributed by atoms with Gasteiger partial charge in [0, 0.05) is 29.0 Å². The van der Waals surface area contributed by atoms with Crippen LogP contribution < -0.4 is 0 Å². The van der Waals surface area contributed by atoms with Crippen LogP contribution in [0.15, 0.2) is 36.8 Å². The van der Waals surface area contributed by atoms with Crippen molar-refractivity contribution >= 4 is 11.0 Å². The second-order valence-electron chi connectivity index (χ2n) is 3.12. The smallest absolute Gasteiger partial charge is 0.155 e. The Kier molecular flexibility index (Phi) is 1.41. The minimum Gasteiger partial charge on any atom is -0.361 e. The number of H-pyrrole nitrogens is 2. The minimum atomic E-state index is 0.820. The van der Waals surface area contributed by atoms with Crippen molar-refractivity contribution in [2.45, 2.75) is 0 Å². The molecule has 0 radical (unpaired) electrons. The highest BCUT2D eigenvalue weighted by atomic mass is 15.1. The Morgan fingerprint density at radius 3 is 3.07 bits per heavy atom. The predicted octanol–water partition coefficient (Wildman–Crippen LogP) is 1.95. The van der Waals surface area contributed by atoms with Crippen molar-refractivity contribution in [1.29, 1.82) is 0 Å². The molecule has 0 saturated carbocycles. The van der Waals surface area contributed by atoms with Crippen molar-refractivity contribution in [3.63, 3.8) is 0 Å². The molecule has 0 aliphatic carbocycles. The van der Waals surface area contributed by atoms with E-state index in [0.717, 1.165) is 22.3 Å². The maximum absolute atomic E-state index is 4.26. The number of hydrogen-bond donors (Lipinski definition) is 2. The fourth-order valence-corrected chi connectivity index (χ4v) is 1.49. The van der Waals surface area contributed by atoms with Crippen LogP contribution in [0.2, 0.25) is 0 Å². The standard InChI is InChI=1S/C10H8N4/c1-2-9(11-3-1)7-4-8-6-13-14-10(8)12-5-7/h1-6,11H,(H,12,13,14). The van der Waals surface area contributed by atoms with E-state index in [4.69, 9.17) is 0 Å². The van der Waals surface area contributed by atoms with Crippen LogP contribution in [0.25, 0.3) is 22.3 Å². The van der Waals surface area contributed by atoms with Crippen LogP contribution in [0.5, 0.6) is 0 Å². The molecule has 3 aromatic heterocycles. The highest BCUT2D eigenvalue weighted by Crippen LogP contribution is 2.19. The lowest BCUT2D eigenvalue weighted by Crippen LogP contribution is -1.80. The molecule has 0 saturated heterocycles. The molecule has 0 aliphatic heterocycles. The maximum Gasteiger partial charge on any atom is 0.155 e. The van der Waals surface area contributed by atoms with Gasteiger partial charge in [0.05, 0.1) is 6.20 Å². The van der Waals surface area contributed by atoms with Gasteiger partial charge in [0.25, 0.3) is 0 Å². The van der Waals surface area contributed by atoms with Crippen LogP contribution in [0, 0.1) is 0 Å². The number of nitrogens with one attached hydrogen (secondary N) is 2. The Morgan fingerprint density at radius 2 is 2.21 bits per heavy atom. The van der Waals surface area contributed by atoms with Gasteiger partial charge in [0.2, 0.25) is 0 Å². The Balaban J connectivity index is 2.23. The normalized spacial score (nSPS) is 10.9. The van der Waals surface area contributed by atoms with Crippen LogP contribution in [0.3, 0.4) is 0 Å². The van der Waals surface area contributed by atoms with Crippen molar-refractivity contribution in [3.05, 3.63) is 36.8 Å². The monoisotopic (exact) mass is 184 g/mol. The molecule has 0 atom stereocenters. The van der Waals surface area contributed by atoms with Crippen molar-refractivity contribution in [2.75, 3.05) is 0 Å². The summed E-state index contributed by atoms with van der Waals surface area (Å²) < 4.78 is 0. The van der Waals surface area contributed by atoms with Crippen LogP contribution >= 0.6 is 0 Å². The third kappa shape index (κ3) is 1.01. The zero-order valence-corrected chi connectivity index (χ0v) is 7.36. The van der Waals surface area contributed by atoms with Gasteiger partial charge in [-0.25, -0.2) is 4.98 Å². The molecule has 4 heteroatoms. The lowest BCUT2D eigenvalue weighted by molar-refractivity contribution is 1.10. The number of aromatic amines is 2. The van der Waals surface area contributed by atoms with Crippen LogP contribution in [-0.2, 0) is 0 Å². The zero-order valence-electron chi connectivity index (χ0n) is 7.36. The first-order chi connectivity index (χ1) is 6.93. The van der Waals surface area contributed by atoms with Gasteiger partial charge < -0.3 is 4.98 Å². The molecular weight excluding hydrogens is 176 g/mol. The molecule has 3 rings (SSSR count). The second-order valence-corrected chi connectivity index (χ2v) is 3.12. The van der Waals surface area contributed by atoms with Crippen molar-refractivity contribution < 1.29 is 0 Å². The second kappa shape index (κ2) is 2.70. The summed E-state index contributed by atoms with van der Waals surface area (Å²) in [7, 11) is 0. The first-order valence-electron chi connectivity index (χ1n) is 4.36. The number of nitrogens with zero attached hydrogens (tertiary/aromatic N) is 2. The molecule has 3 aromatic rings. The third-order valence-corrected chi connectivity index (χ3v) is 2.20. The van der Waals surface area contributed by atoms with E-state index in [1.54, 1.807) is 6.20 Å². The van der Waals surface area contributed by atoms with E-state index in [0.29, 0.717) is 0 Å². The molecule has 14 heavy (non-hydrogen) atoms. The number of pyridine rings is 1. The lowest BCUT2D eigenvalue weighted by Gasteiger charge is -1.96. The first-order valence-corrected chi connectivity index (χ1v) is 4.36. The Bertz CT molecular complexity index is 550. The summed E-state index contributed by atoms with van der Waals surface area (Å²) in [5.41, 5.74) is 2.96. The van der Waals surface area contributed by atoms with Gasteiger partial charge in [-0.05, 0) is 18.2 Å². The van der Waals surface area contributed by atoms with E-state index in [-0.39, 0.29) is 0 Å². The predicted molar refractivity (Wildman–Crippen MR) is 53.7 cm³/mol. The van der Waals surface area contributed by atoms with Crippen LogP contribution in [0.1, 0.15) is 0 Å². The molecule has 0 aliphatic rings. The molecule has 0 unspecified atom stereocenters. The summed E-state index contributed by atoms with van der Waals surface area (Å²) in [6, 6.07) is 6.04. The molecule has 0 aromatic carbocycles. The fraction of sp³-hybridized carbons (Fsp3) is 0. The summed E-state index contributed by atoms with van der Waals surface area (Å²) in [4.78, 5) is 7.40. The average Bonchev–Trinajstić information content (AvgIpc) is 2.88. The lowest BCUT2D eigenvalue weighted by atomic mass is 10.2. The number of hydrogen-bond acceptors (Lipinski definition) is 2. The summed E-state index contributed by atoms with van der Waals surface area (Å²) in [6.07, 6.45) is 5.50. The van der Waals surface area contributed by atoms with Crippen molar-refractivity contribution in [3.8, 4) is 11.3 Å². The Morgan fingerprint density at radius 1 is 1.21 bits per heavy atom. The molecular formula is C10H8N4. The topological polar surface area (TPSA) is 57.4 Å². The van der Waals surface area contributed by atoms with Gasteiger partial charge in [-0.2, -0.15) is 5.10 Å². The molecule has 68 valence electrons. The van der Waals surface area contributed by atoms with Gasteiger partial charge in [0.15, 0.2) is 5.65 Å². The first kappa shape index (κ1) is 7.32. The van der Waals surface area contributed by atoms with Gasteiger partial charge in [-0.1, -0.05) is 0 Å². The molecule has 2 N–H and O–H groups in total. The summed E-state index contributed by atoms with van der Waals surface area (Å²) in [5.74, 6) is 0. The van der Waals surface area contributed by atoms with E-state index in [2.05, 4.69) is 26.2 Å². The average molecular weight is 184 g/mol. The quantitative estimate of drug-likeness (QED) is 0.607.